The minimum atomic E-state index is -0.464. The SMILES string of the molecule is COCCn1nc(C(=O)N(C)CCC(C)O)ccc1=O. The lowest BCUT2D eigenvalue weighted by molar-refractivity contribution is 0.0759. The Morgan fingerprint density at radius 2 is 2.25 bits per heavy atom. The second-order valence-electron chi connectivity index (χ2n) is 4.64. The zero-order chi connectivity index (χ0) is 15.1. The number of carbonyl (C=O) groups is 1. The van der Waals surface area contributed by atoms with Crippen molar-refractivity contribution in [1.29, 1.82) is 0 Å². The van der Waals surface area contributed by atoms with Crippen molar-refractivity contribution in [2.24, 2.45) is 0 Å². The van der Waals surface area contributed by atoms with Gasteiger partial charge in [-0.2, -0.15) is 5.10 Å². The first-order valence-electron chi connectivity index (χ1n) is 6.46. The fourth-order valence-corrected chi connectivity index (χ4v) is 1.58. The topological polar surface area (TPSA) is 84.7 Å². The average Bonchev–Trinajstić information content (AvgIpc) is 2.43. The smallest absolute Gasteiger partial charge is 0.274 e. The van der Waals surface area contributed by atoms with Crippen molar-refractivity contribution in [3.8, 4) is 0 Å². The number of rotatable bonds is 7. The zero-order valence-electron chi connectivity index (χ0n) is 12.1. The summed E-state index contributed by atoms with van der Waals surface area (Å²) < 4.78 is 6.10. The minimum absolute atomic E-state index is 0.203. The van der Waals surface area contributed by atoms with E-state index < -0.39 is 6.10 Å². The summed E-state index contributed by atoms with van der Waals surface area (Å²) in [6, 6.07) is 2.73. The van der Waals surface area contributed by atoms with E-state index in [9.17, 15) is 14.7 Å². The Morgan fingerprint density at radius 1 is 1.55 bits per heavy atom. The molecule has 1 aromatic rings. The number of methoxy groups -OCH3 is 1. The van der Waals surface area contributed by atoms with Crippen LogP contribution < -0.4 is 5.56 Å². The fraction of sp³-hybridized carbons (Fsp3) is 0.615. The van der Waals surface area contributed by atoms with E-state index in [2.05, 4.69) is 5.10 Å². The Kier molecular flexibility index (Phi) is 6.33. The largest absolute Gasteiger partial charge is 0.393 e. The van der Waals surface area contributed by atoms with Gasteiger partial charge in [-0.15, -0.1) is 0 Å². The molecule has 0 saturated heterocycles. The quantitative estimate of drug-likeness (QED) is 0.745. The molecule has 0 saturated carbocycles. The zero-order valence-corrected chi connectivity index (χ0v) is 12.1. The van der Waals surface area contributed by atoms with E-state index in [1.807, 2.05) is 0 Å². The minimum Gasteiger partial charge on any atom is -0.393 e. The highest BCUT2D eigenvalue weighted by molar-refractivity contribution is 5.91. The van der Waals surface area contributed by atoms with E-state index in [1.54, 1.807) is 14.0 Å². The third kappa shape index (κ3) is 4.75. The standard InChI is InChI=1S/C13H21N3O4/c1-10(17)6-7-15(2)13(19)11-4-5-12(18)16(14-11)8-9-20-3/h4-5,10,17H,6-9H2,1-3H3. The summed E-state index contributed by atoms with van der Waals surface area (Å²) in [7, 11) is 3.17. The van der Waals surface area contributed by atoms with Crippen LogP contribution >= 0.6 is 0 Å². The Balaban J connectivity index is 2.79. The predicted molar refractivity (Wildman–Crippen MR) is 73.6 cm³/mol. The Labute approximate surface area is 117 Å². The molecule has 112 valence electrons. The monoisotopic (exact) mass is 283 g/mol. The maximum absolute atomic E-state index is 12.1. The number of aliphatic hydroxyl groups is 1. The van der Waals surface area contributed by atoms with Gasteiger partial charge in [0.25, 0.3) is 11.5 Å². The Morgan fingerprint density at radius 3 is 2.85 bits per heavy atom. The molecule has 0 bridgehead atoms. The van der Waals surface area contributed by atoms with Crippen LogP contribution in [0.5, 0.6) is 0 Å². The number of aliphatic hydroxyl groups excluding tert-OH is 1. The van der Waals surface area contributed by atoms with E-state index in [0.29, 0.717) is 26.1 Å². The van der Waals surface area contributed by atoms with E-state index >= 15 is 0 Å². The van der Waals surface area contributed by atoms with Crippen LogP contribution in [-0.2, 0) is 11.3 Å². The molecule has 7 heteroatoms. The van der Waals surface area contributed by atoms with Crippen molar-refractivity contribution in [2.45, 2.75) is 26.0 Å². The lowest BCUT2D eigenvalue weighted by Gasteiger charge is -2.17. The van der Waals surface area contributed by atoms with Crippen LogP contribution in [-0.4, -0.2) is 59.1 Å². The van der Waals surface area contributed by atoms with Gasteiger partial charge in [-0.3, -0.25) is 9.59 Å². The second kappa shape index (κ2) is 7.76. The third-order valence-corrected chi connectivity index (χ3v) is 2.82. The first-order chi connectivity index (χ1) is 9.45. The van der Waals surface area contributed by atoms with Gasteiger partial charge in [0.2, 0.25) is 0 Å². The van der Waals surface area contributed by atoms with Crippen molar-refractivity contribution < 1.29 is 14.6 Å². The molecule has 0 radical (unpaired) electrons. The van der Waals surface area contributed by atoms with Gasteiger partial charge in [-0.05, 0) is 19.4 Å². The number of aromatic nitrogens is 2. The molecule has 0 fully saturated rings. The van der Waals surface area contributed by atoms with Crippen molar-refractivity contribution in [1.82, 2.24) is 14.7 Å². The molecule has 0 aliphatic heterocycles. The summed E-state index contributed by atoms with van der Waals surface area (Å²) in [5.74, 6) is -0.281. The van der Waals surface area contributed by atoms with Crippen LogP contribution in [0.1, 0.15) is 23.8 Å². The maximum atomic E-state index is 12.1. The van der Waals surface area contributed by atoms with Crippen LogP contribution in [0.15, 0.2) is 16.9 Å². The van der Waals surface area contributed by atoms with Gasteiger partial charge in [-0.25, -0.2) is 4.68 Å². The number of amides is 1. The summed E-state index contributed by atoms with van der Waals surface area (Å²) in [6.45, 7) is 2.74. The number of hydrogen-bond donors (Lipinski definition) is 1. The summed E-state index contributed by atoms with van der Waals surface area (Å²) in [5.41, 5.74) is -0.0703. The molecule has 0 aliphatic rings. The van der Waals surface area contributed by atoms with Crippen molar-refractivity contribution >= 4 is 5.91 Å². The highest BCUT2D eigenvalue weighted by Gasteiger charge is 2.15. The van der Waals surface area contributed by atoms with E-state index in [0.717, 1.165) is 0 Å². The molecule has 1 unspecified atom stereocenters. The molecule has 1 amide bonds. The first kappa shape index (κ1) is 16.3. The highest BCUT2D eigenvalue weighted by Crippen LogP contribution is 2.00. The lowest BCUT2D eigenvalue weighted by Crippen LogP contribution is -2.33. The molecular weight excluding hydrogens is 262 g/mol. The molecule has 0 aliphatic carbocycles. The van der Waals surface area contributed by atoms with Gasteiger partial charge in [0.15, 0.2) is 0 Å². The number of hydrogen-bond acceptors (Lipinski definition) is 5. The van der Waals surface area contributed by atoms with Crippen LogP contribution in [0.3, 0.4) is 0 Å². The molecule has 7 nitrogen and oxygen atoms in total. The molecular formula is C13H21N3O4. The van der Waals surface area contributed by atoms with Crippen LogP contribution in [0.25, 0.3) is 0 Å². The molecule has 20 heavy (non-hydrogen) atoms. The van der Waals surface area contributed by atoms with Crippen molar-refractivity contribution in [3.05, 3.63) is 28.2 Å². The highest BCUT2D eigenvalue weighted by atomic mass is 16.5. The lowest BCUT2D eigenvalue weighted by atomic mass is 10.2. The maximum Gasteiger partial charge on any atom is 0.274 e. The molecule has 1 atom stereocenters. The van der Waals surface area contributed by atoms with Gasteiger partial charge in [0, 0.05) is 26.8 Å². The van der Waals surface area contributed by atoms with Crippen LogP contribution in [0, 0.1) is 0 Å². The summed E-state index contributed by atoms with van der Waals surface area (Å²) >= 11 is 0. The number of ether oxygens (including phenoxy) is 1. The number of nitrogens with zero attached hydrogens (tertiary/aromatic N) is 3. The Hall–Kier alpha value is -1.73. The molecule has 1 rings (SSSR count). The van der Waals surface area contributed by atoms with Gasteiger partial charge in [-0.1, -0.05) is 0 Å². The van der Waals surface area contributed by atoms with Gasteiger partial charge < -0.3 is 14.7 Å². The Bertz CT molecular complexity index is 499. The van der Waals surface area contributed by atoms with Gasteiger partial charge in [0.05, 0.1) is 19.3 Å². The fourth-order valence-electron chi connectivity index (χ4n) is 1.58. The average molecular weight is 283 g/mol. The summed E-state index contributed by atoms with van der Waals surface area (Å²) in [6.07, 6.45) is 0.0276. The van der Waals surface area contributed by atoms with Gasteiger partial charge >= 0.3 is 0 Å². The number of carbonyl (C=O) groups excluding carboxylic acids is 1. The predicted octanol–water partition coefficient (Wildman–Crippen LogP) is -0.267. The van der Waals surface area contributed by atoms with E-state index in [1.165, 1.54) is 28.8 Å². The molecule has 0 aromatic carbocycles. The first-order valence-corrected chi connectivity index (χ1v) is 6.46. The van der Waals surface area contributed by atoms with Crippen LogP contribution in [0.4, 0.5) is 0 Å². The summed E-state index contributed by atoms with van der Waals surface area (Å²) in [5, 5.41) is 13.2. The van der Waals surface area contributed by atoms with E-state index in [4.69, 9.17) is 4.74 Å². The normalized spacial score (nSPS) is 12.2. The second-order valence-corrected chi connectivity index (χ2v) is 4.64. The van der Waals surface area contributed by atoms with Gasteiger partial charge in [0.1, 0.15) is 5.69 Å². The molecule has 0 spiro atoms. The molecule has 1 N–H and O–H groups in total. The summed E-state index contributed by atoms with van der Waals surface area (Å²) in [4.78, 5) is 25.2. The van der Waals surface area contributed by atoms with Crippen molar-refractivity contribution in [2.75, 3.05) is 27.3 Å². The van der Waals surface area contributed by atoms with Crippen LogP contribution in [0.2, 0.25) is 0 Å². The molecule has 1 heterocycles. The molecule has 1 aromatic heterocycles. The van der Waals surface area contributed by atoms with E-state index in [-0.39, 0.29) is 17.2 Å². The third-order valence-electron chi connectivity index (χ3n) is 2.82. The van der Waals surface area contributed by atoms with Crippen molar-refractivity contribution in [3.63, 3.8) is 0 Å².